The molecule has 0 aliphatic carbocycles. The summed E-state index contributed by atoms with van der Waals surface area (Å²) in [6.45, 7) is 0.340. The fraction of sp³-hybridized carbons (Fsp3) is 0.250. The van der Waals surface area contributed by atoms with E-state index in [1.807, 2.05) is 0 Å². The van der Waals surface area contributed by atoms with Crippen LogP contribution in [-0.4, -0.2) is 49.6 Å². The first-order chi connectivity index (χ1) is 14.6. The Bertz CT molecular complexity index is 1240. The lowest BCUT2D eigenvalue weighted by Gasteiger charge is -2.26. The van der Waals surface area contributed by atoms with Crippen LogP contribution in [0.25, 0.3) is 10.9 Å². The number of likely N-dealkylation sites (N-methyl/N-ethyl adjacent to an activating group) is 1. The zero-order chi connectivity index (χ0) is 22.4. The molecule has 0 amide bonds. The Kier molecular flexibility index (Phi) is 5.18. The minimum atomic E-state index is -5.18. The van der Waals surface area contributed by atoms with Gasteiger partial charge < -0.3 is 9.47 Å². The average Bonchev–Trinajstić information content (AvgIpc) is 3.10. The van der Waals surface area contributed by atoms with E-state index in [0.29, 0.717) is 5.39 Å². The SMILES string of the molecule is CN1CCOc2ccc3c(ccn3S(=O)(=O)c3ccccc3)c2C1OC(=O)C(F)(F)F. The molecule has 1 aromatic heterocycles. The van der Waals surface area contributed by atoms with Gasteiger partial charge in [-0.15, -0.1) is 0 Å². The summed E-state index contributed by atoms with van der Waals surface area (Å²) in [4.78, 5) is 13.0. The van der Waals surface area contributed by atoms with E-state index in [1.54, 1.807) is 18.2 Å². The number of esters is 1. The van der Waals surface area contributed by atoms with Gasteiger partial charge in [-0.25, -0.2) is 17.2 Å². The summed E-state index contributed by atoms with van der Waals surface area (Å²) in [5.41, 5.74) is 0.367. The summed E-state index contributed by atoms with van der Waals surface area (Å²) >= 11 is 0. The standard InChI is InChI=1S/C20H17F3N2O5S/c1-24-11-12-29-16-8-7-15-14(17(16)18(24)30-19(26)20(21,22)23)9-10-25(15)31(27,28)13-5-3-2-4-6-13/h2-10,18H,11-12H2,1H3. The zero-order valence-corrected chi connectivity index (χ0v) is 17.0. The van der Waals surface area contributed by atoms with Crippen LogP contribution in [0, 0.1) is 0 Å². The summed E-state index contributed by atoms with van der Waals surface area (Å²) in [5, 5.41) is 0.297. The molecule has 0 N–H and O–H groups in total. The number of alkyl halides is 3. The highest BCUT2D eigenvalue weighted by molar-refractivity contribution is 7.90. The zero-order valence-electron chi connectivity index (χ0n) is 16.2. The molecule has 31 heavy (non-hydrogen) atoms. The van der Waals surface area contributed by atoms with Crippen LogP contribution in [0.15, 0.2) is 59.6 Å². The van der Waals surface area contributed by atoms with Gasteiger partial charge in [-0.1, -0.05) is 18.2 Å². The Morgan fingerprint density at radius 1 is 1.13 bits per heavy atom. The second kappa shape index (κ2) is 7.57. The monoisotopic (exact) mass is 454 g/mol. The van der Waals surface area contributed by atoms with E-state index < -0.39 is 28.4 Å². The minimum Gasteiger partial charge on any atom is -0.492 e. The van der Waals surface area contributed by atoms with E-state index in [9.17, 15) is 26.4 Å². The molecule has 0 radical (unpaired) electrons. The summed E-state index contributed by atoms with van der Waals surface area (Å²) < 4.78 is 76.2. The van der Waals surface area contributed by atoms with Crippen LogP contribution in [0.2, 0.25) is 0 Å². The molecule has 164 valence electrons. The molecule has 0 saturated carbocycles. The van der Waals surface area contributed by atoms with Crippen molar-refractivity contribution in [2.45, 2.75) is 17.3 Å². The molecule has 0 saturated heterocycles. The van der Waals surface area contributed by atoms with Crippen molar-refractivity contribution in [3.63, 3.8) is 0 Å². The van der Waals surface area contributed by atoms with E-state index in [2.05, 4.69) is 0 Å². The number of hydrogen-bond donors (Lipinski definition) is 0. The predicted octanol–water partition coefficient (Wildman–Crippen LogP) is 3.31. The molecule has 3 aromatic rings. The van der Waals surface area contributed by atoms with Crippen molar-refractivity contribution in [1.29, 1.82) is 0 Å². The number of aromatic nitrogens is 1. The third-order valence-electron chi connectivity index (χ3n) is 4.94. The van der Waals surface area contributed by atoms with Gasteiger partial charge in [0.25, 0.3) is 10.0 Å². The molecule has 1 unspecified atom stereocenters. The van der Waals surface area contributed by atoms with Crippen molar-refractivity contribution in [2.75, 3.05) is 20.2 Å². The van der Waals surface area contributed by atoms with Gasteiger partial charge >= 0.3 is 12.1 Å². The molecule has 0 spiro atoms. The number of fused-ring (bicyclic) bond motifs is 3. The van der Waals surface area contributed by atoms with Crippen LogP contribution >= 0.6 is 0 Å². The van der Waals surface area contributed by atoms with Gasteiger partial charge in [0.15, 0.2) is 6.23 Å². The molecule has 11 heteroatoms. The third-order valence-corrected chi connectivity index (χ3v) is 6.64. The highest BCUT2D eigenvalue weighted by Crippen LogP contribution is 2.40. The normalized spacial score (nSPS) is 17.6. The lowest BCUT2D eigenvalue weighted by Crippen LogP contribution is -2.34. The Hall–Kier alpha value is -3.05. The average molecular weight is 454 g/mol. The molecule has 2 heterocycles. The van der Waals surface area contributed by atoms with Crippen LogP contribution in [0.4, 0.5) is 13.2 Å². The number of nitrogens with zero attached hydrogens (tertiary/aromatic N) is 2. The second-order valence-electron chi connectivity index (χ2n) is 6.92. The Morgan fingerprint density at radius 3 is 2.52 bits per heavy atom. The fourth-order valence-electron chi connectivity index (χ4n) is 3.45. The first kappa shape index (κ1) is 21.2. The molecule has 1 atom stereocenters. The Labute approximate surface area is 175 Å². The van der Waals surface area contributed by atoms with Crippen LogP contribution in [-0.2, 0) is 19.6 Å². The highest BCUT2D eigenvalue weighted by atomic mass is 32.2. The molecular weight excluding hydrogens is 437 g/mol. The number of carbonyl (C=O) groups excluding carboxylic acids is 1. The molecule has 7 nitrogen and oxygen atoms in total. The van der Waals surface area contributed by atoms with Crippen LogP contribution < -0.4 is 4.74 Å². The maximum Gasteiger partial charge on any atom is 0.490 e. The number of halogens is 3. The van der Waals surface area contributed by atoms with Gasteiger partial charge in [0.2, 0.25) is 0 Å². The maximum absolute atomic E-state index is 13.1. The molecule has 1 aliphatic rings. The van der Waals surface area contributed by atoms with Crippen LogP contribution in [0.5, 0.6) is 5.75 Å². The van der Waals surface area contributed by atoms with Gasteiger partial charge in [0, 0.05) is 18.1 Å². The van der Waals surface area contributed by atoms with Crippen LogP contribution in [0.3, 0.4) is 0 Å². The second-order valence-corrected chi connectivity index (χ2v) is 8.74. The van der Waals surface area contributed by atoms with E-state index in [1.165, 1.54) is 48.5 Å². The quantitative estimate of drug-likeness (QED) is 0.566. The van der Waals surface area contributed by atoms with E-state index >= 15 is 0 Å². The molecule has 2 aromatic carbocycles. The van der Waals surface area contributed by atoms with Crippen LogP contribution in [0.1, 0.15) is 11.8 Å². The largest absolute Gasteiger partial charge is 0.492 e. The Balaban J connectivity index is 1.88. The van der Waals surface area contributed by atoms with Crippen molar-refractivity contribution in [3.8, 4) is 5.75 Å². The number of ether oxygens (including phenoxy) is 2. The van der Waals surface area contributed by atoms with Crippen molar-refractivity contribution < 1.29 is 35.9 Å². The predicted molar refractivity (Wildman–Crippen MR) is 104 cm³/mol. The lowest BCUT2D eigenvalue weighted by molar-refractivity contribution is -0.212. The topological polar surface area (TPSA) is 77.8 Å². The van der Waals surface area contributed by atoms with Crippen molar-refractivity contribution in [3.05, 3.63) is 60.3 Å². The summed E-state index contributed by atoms with van der Waals surface area (Å²) in [6, 6.07) is 12.1. The smallest absolute Gasteiger partial charge is 0.490 e. The van der Waals surface area contributed by atoms with Gasteiger partial charge in [0.1, 0.15) is 12.4 Å². The van der Waals surface area contributed by atoms with Gasteiger partial charge in [-0.05, 0) is 37.4 Å². The summed E-state index contributed by atoms with van der Waals surface area (Å²) in [5.74, 6) is -2.13. The Morgan fingerprint density at radius 2 is 1.84 bits per heavy atom. The molecule has 1 aliphatic heterocycles. The number of rotatable bonds is 3. The van der Waals surface area contributed by atoms with Crippen molar-refractivity contribution >= 4 is 26.9 Å². The minimum absolute atomic E-state index is 0.0517. The van der Waals surface area contributed by atoms with Crippen molar-refractivity contribution in [1.82, 2.24) is 8.87 Å². The number of benzene rings is 2. The number of carbonyl (C=O) groups is 1. The highest BCUT2D eigenvalue weighted by Gasteiger charge is 2.44. The summed E-state index contributed by atoms with van der Waals surface area (Å²) in [6.07, 6.45) is -5.28. The first-order valence-corrected chi connectivity index (χ1v) is 10.6. The maximum atomic E-state index is 13.1. The lowest BCUT2D eigenvalue weighted by atomic mass is 10.1. The molecule has 0 fully saturated rings. The molecule has 4 rings (SSSR count). The number of hydrogen-bond acceptors (Lipinski definition) is 6. The van der Waals surface area contributed by atoms with Crippen molar-refractivity contribution in [2.24, 2.45) is 0 Å². The van der Waals surface area contributed by atoms with E-state index in [0.717, 1.165) is 3.97 Å². The van der Waals surface area contributed by atoms with E-state index in [4.69, 9.17) is 9.47 Å². The fourth-order valence-corrected chi connectivity index (χ4v) is 4.81. The van der Waals surface area contributed by atoms with Gasteiger partial charge in [-0.2, -0.15) is 13.2 Å². The van der Waals surface area contributed by atoms with Gasteiger partial charge in [-0.3, -0.25) is 4.90 Å². The van der Waals surface area contributed by atoms with Gasteiger partial charge in [0.05, 0.1) is 16.0 Å². The summed E-state index contributed by atoms with van der Waals surface area (Å²) in [7, 11) is -2.47. The third kappa shape index (κ3) is 3.74. The molecule has 0 bridgehead atoms. The molecular formula is C20H17F3N2O5S. The first-order valence-electron chi connectivity index (χ1n) is 9.16. The van der Waals surface area contributed by atoms with E-state index in [-0.39, 0.29) is 34.9 Å².